The number of nitrogens with one attached hydrogen (secondary N) is 3. The number of carbonyl (C=O) groups excluding carboxylic acids is 3. The molecule has 0 unspecified atom stereocenters. The molecule has 1 saturated carbocycles. The van der Waals surface area contributed by atoms with Gasteiger partial charge in [0.05, 0.1) is 6.54 Å². The molecule has 0 heterocycles. The highest BCUT2D eigenvalue weighted by molar-refractivity contribution is 5.88. The monoisotopic (exact) mass is 325 g/mol. The fourth-order valence-corrected chi connectivity index (χ4v) is 1.83. The molecule has 0 atom stereocenters. The third-order valence-electron chi connectivity index (χ3n) is 3.12. The SMILES string of the molecule is C/C(=C\C(=O)NCCNC(=O)CNC(=O)OC(C)(C)C)C1CC1. The zero-order valence-electron chi connectivity index (χ0n) is 14.3. The number of alkyl carbamates (subject to hydrolysis) is 1. The smallest absolute Gasteiger partial charge is 0.408 e. The van der Waals surface area contributed by atoms with E-state index >= 15 is 0 Å². The summed E-state index contributed by atoms with van der Waals surface area (Å²) in [6.45, 7) is 7.67. The molecule has 0 aromatic carbocycles. The second kappa shape index (κ2) is 8.55. The molecule has 0 aromatic rings. The summed E-state index contributed by atoms with van der Waals surface area (Å²) in [4.78, 5) is 34.5. The van der Waals surface area contributed by atoms with Crippen LogP contribution < -0.4 is 16.0 Å². The van der Waals surface area contributed by atoms with Crippen LogP contribution in [0.5, 0.6) is 0 Å². The lowest BCUT2D eigenvalue weighted by atomic mass is 10.2. The van der Waals surface area contributed by atoms with Crippen molar-refractivity contribution in [2.75, 3.05) is 19.6 Å². The van der Waals surface area contributed by atoms with Crippen LogP contribution in [0, 0.1) is 5.92 Å². The molecule has 23 heavy (non-hydrogen) atoms. The van der Waals surface area contributed by atoms with Crippen molar-refractivity contribution in [3.05, 3.63) is 11.6 Å². The summed E-state index contributed by atoms with van der Waals surface area (Å²) < 4.78 is 5.01. The highest BCUT2D eigenvalue weighted by Gasteiger charge is 2.23. The number of hydrogen-bond donors (Lipinski definition) is 3. The van der Waals surface area contributed by atoms with Gasteiger partial charge in [-0.15, -0.1) is 0 Å². The van der Waals surface area contributed by atoms with Gasteiger partial charge in [-0.3, -0.25) is 9.59 Å². The average Bonchev–Trinajstić information content (AvgIpc) is 3.23. The number of ether oxygens (including phenoxy) is 1. The average molecular weight is 325 g/mol. The molecule has 0 aliphatic heterocycles. The molecule has 3 amide bonds. The van der Waals surface area contributed by atoms with Crippen molar-refractivity contribution in [1.82, 2.24) is 16.0 Å². The van der Waals surface area contributed by atoms with E-state index in [9.17, 15) is 14.4 Å². The van der Waals surface area contributed by atoms with E-state index in [2.05, 4.69) is 16.0 Å². The standard InChI is InChI=1S/C16H27N3O4/c1-11(12-5-6-12)9-13(20)17-7-8-18-14(21)10-19-15(22)23-16(2,3)4/h9,12H,5-8,10H2,1-4H3,(H,17,20)(H,18,21)(H,19,22)/b11-9+. The molecular weight excluding hydrogens is 298 g/mol. The molecule has 7 heteroatoms. The molecule has 0 spiro atoms. The Balaban J connectivity index is 2.08. The van der Waals surface area contributed by atoms with E-state index in [-0.39, 0.29) is 18.4 Å². The molecule has 0 radical (unpaired) electrons. The number of amides is 3. The Morgan fingerprint density at radius 1 is 1.09 bits per heavy atom. The zero-order chi connectivity index (χ0) is 17.5. The fraction of sp³-hybridized carbons (Fsp3) is 0.688. The second-order valence-corrected chi connectivity index (χ2v) is 6.66. The van der Waals surface area contributed by atoms with Crippen LogP contribution in [0.4, 0.5) is 4.79 Å². The third-order valence-corrected chi connectivity index (χ3v) is 3.12. The van der Waals surface area contributed by atoms with Gasteiger partial charge >= 0.3 is 6.09 Å². The topological polar surface area (TPSA) is 96.5 Å². The highest BCUT2D eigenvalue weighted by atomic mass is 16.6. The van der Waals surface area contributed by atoms with E-state index in [1.807, 2.05) is 6.92 Å². The first-order valence-corrected chi connectivity index (χ1v) is 7.87. The predicted molar refractivity (Wildman–Crippen MR) is 86.7 cm³/mol. The Hall–Kier alpha value is -2.05. The lowest BCUT2D eigenvalue weighted by Gasteiger charge is -2.19. The molecule has 1 aliphatic rings. The summed E-state index contributed by atoms with van der Waals surface area (Å²) in [6, 6.07) is 0. The summed E-state index contributed by atoms with van der Waals surface area (Å²) in [5.41, 5.74) is 0.504. The van der Waals surface area contributed by atoms with E-state index in [4.69, 9.17) is 4.74 Å². The second-order valence-electron chi connectivity index (χ2n) is 6.66. The minimum atomic E-state index is -0.637. The van der Waals surface area contributed by atoms with Crippen LogP contribution in [0.3, 0.4) is 0 Å². The molecule has 0 bridgehead atoms. The molecule has 1 rings (SSSR count). The van der Waals surface area contributed by atoms with Crippen molar-refractivity contribution in [3.63, 3.8) is 0 Å². The van der Waals surface area contributed by atoms with Crippen LogP contribution in [0.1, 0.15) is 40.5 Å². The van der Waals surface area contributed by atoms with E-state index < -0.39 is 11.7 Å². The van der Waals surface area contributed by atoms with Gasteiger partial charge in [0, 0.05) is 19.2 Å². The Morgan fingerprint density at radius 3 is 2.26 bits per heavy atom. The first-order chi connectivity index (χ1) is 10.7. The Morgan fingerprint density at radius 2 is 1.70 bits per heavy atom. The minimum Gasteiger partial charge on any atom is -0.444 e. The first-order valence-electron chi connectivity index (χ1n) is 7.87. The molecule has 1 fully saturated rings. The number of allylic oxidation sites excluding steroid dienone is 1. The lowest BCUT2D eigenvalue weighted by molar-refractivity contribution is -0.120. The largest absolute Gasteiger partial charge is 0.444 e. The quantitative estimate of drug-likeness (QED) is 0.482. The molecule has 7 nitrogen and oxygen atoms in total. The van der Waals surface area contributed by atoms with Crippen LogP contribution in [0.2, 0.25) is 0 Å². The van der Waals surface area contributed by atoms with Gasteiger partial charge in [-0.1, -0.05) is 5.57 Å². The molecule has 130 valence electrons. The van der Waals surface area contributed by atoms with Crippen LogP contribution >= 0.6 is 0 Å². The van der Waals surface area contributed by atoms with Crippen molar-refractivity contribution in [3.8, 4) is 0 Å². The summed E-state index contributed by atoms with van der Waals surface area (Å²) in [6.07, 6.45) is 3.30. The summed E-state index contributed by atoms with van der Waals surface area (Å²) >= 11 is 0. The number of carbonyl (C=O) groups is 3. The summed E-state index contributed by atoms with van der Waals surface area (Å²) in [5.74, 6) is 0.0877. The number of rotatable bonds is 7. The van der Waals surface area contributed by atoms with E-state index in [0.29, 0.717) is 19.0 Å². The Labute approximate surface area is 137 Å². The van der Waals surface area contributed by atoms with Crippen molar-refractivity contribution in [1.29, 1.82) is 0 Å². The van der Waals surface area contributed by atoms with Gasteiger partial charge in [0.15, 0.2) is 0 Å². The summed E-state index contributed by atoms with van der Waals surface area (Å²) in [7, 11) is 0. The number of hydrogen-bond acceptors (Lipinski definition) is 4. The van der Waals surface area contributed by atoms with Crippen molar-refractivity contribution in [2.24, 2.45) is 5.92 Å². The maximum absolute atomic E-state index is 11.6. The van der Waals surface area contributed by atoms with E-state index in [1.54, 1.807) is 26.8 Å². The van der Waals surface area contributed by atoms with E-state index in [0.717, 1.165) is 18.4 Å². The van der Waals surface area contributed by atoms with Gasteiger partial charge in [-0.25, -0.2) is 4.79 Å². The van der Waals surface area contributed by atoms with Gasteiger partial charge in [0.1, 0.15) is 5.60 Å². The zero-order valence-corrected chi connectivity index (χ0v) is 14.3. The van der Waals surface area contributed by atoms with Gasteiger partial charge in [-0.05, 0) is 46.5 Å². The van der Waals surface area contributed by atoms with Crippen LogP contribution in [0.15, 0.2) is 11.6 Å². The predicted octanol–water partition coefficient (Wildman–Crippen LogP) is 1.10. The molecule has 3 N–H and O–H groups in total. The maximum atomic E-state index is 11.6. The minimum absolute atomic E-state index is 0.143. The normalized spacial score (nSPS) is 14.9. The molecule has 1 aliphatic carbocycles. The van der Waals surface area contributed by atoms with E-state index in [1.165, 1.54) is 0 Å². The fourth-order valence-electron chi connectivity index (χ4n) is 1.83. The van der Waals surface area contributed by atoms with Gasteiger partial charge in [-0.2, -0.15) is 0 Å². The summed E-state index contributed by atoms with van der Waals surface area (Å²) in [5, 5.41) is 7.67. The highest BCUT2D eigenvalue weighted by Crippen LogP contribution is 2.35. The molecular formula is C16H27N3O4. The van der Waals surface area contributed by atoms with Gasteiger partial charge < -0.3 is 20.7 Å². The van der Waals surface area contributed by atoms with Crippen molar-refractivity contribution >= 4 is 17.9 Å². The first kappa shape index (κ1) is 19.0. The van der Waals surface area contributed by atoms with Crippen LogP contribution in [-0.4, -0.2) is 43.1 Å². The maximum Gasteiger partial charge on any atom is 0.408 e. The Bertz CT molecular complexity index is 476. The van der Waals surface area contributed by atoms with Gasteiger partial charge in [0.25, 0.3) is 0 Å². The lowest BCUT2D eigenvalue weighted by Crippen LogP contribution is -2.41. The van der Waals surface area contributed by atoms with Crippen molar-refractivity contribution in [2.45, 2.75) is 46.1 Å². The third kappa shape index (κ3) is 9.55. The molecule has 0 aromatic heterocycles. The van der Waals surface area contributed by atoms with Crippen LogP contribution in [0.25, 0.3) is 0 Å². The Kier molecular flexibility index (Phi) is 7.06. The van der Waals surface area contributed by atoms with Crippen molar-refractivity contribution < 1.29 is 19.1 Å². The van der Waals surface area contributed by atoms with Crippen LogP contribution in [-0.2, 0) is 14.3 Å². The van der Waals surface area contributed by atoms with Gasteiger partial charge in [0.2, 0.25) is 11.8 Å². The molecule has 0 saturated heterocycles.